The van der Waals surface area contributed by atoms with Gasteiger partial charge in [0.25, 0.3) is 0 Å². The summed E-state index contributed by atoms with van der Waals surface area (Å²) >= 11 is 0. The van der Waals surface area contributed by atoms with Crippen LogP contribution in [-0.2, 0) is 6.54 Å². The Bertz CT molecular complexity index is 642. The molecule has 1 heterocycles. The van der Waals surface area contributed by atoms with Crippen LogP contribution in [0.25, 0.3) is 0 Å². The second-order valence-corrected chi connectivity index (χ2v) is 4.44. The van der Waals surface area contributed by atoms with E-state index in [0.29, 0.717) is 23.4 Å². The van der Waals surface area contributed by atoms with E-state index in [0.717, 1.165) is 12.8 Å². The number of anilines is 1. The van der Waals surface area contributed by atoms with Crippen molar-refractivity contribution in [2.45, 2.75) is 25.3 Å². The van der Waals surface area contributed by atoms with Crippen LogP contribution in [0.5, 0.6) is 0 Å². The zero-order valence-corrected chi connectivity index (χ0v) is 10.1. The lowest BCUT2D eigenvalue weighted by molar-refractivity contribution is 0.457. The summed E-state index contributed by atoms with van der Waals surface area (Å²) in [5.74, 6) is 0.966. The Balaban J connectivity index is 1.71. The zero-order chi connectivity index (χ0) is 13.2. The Hall–Kier alpha value is -2.42. The highest BCUT2D eigenvalue weighted by molar-refractivity contribution is 5.57. The van der Waals surface area contributed by atoms with Crippen LogP contribution in [0.2, 0.25) is 0 Å². The number of nitrogens with zero attached hydrogens (tertiary/aromatic N) is 3. The van der Waals surface area contributed by atoms with Crippen molar-refractivity contribution in [2.24, 2.45) is 0 Å². The maximum Gasteiger partial charge on any atom is 0.235 e. The number of aromatic nitrogens is 2. The first-order valence-corrected chi connectivity index (χ1v) is 6.02. The number of halogens is 1. The molecule has 0 spiro atoms. The lowest BCUT2D eigenvalue weighted by Gasteiger charge is -2.05. The van der Waals surface area contributed by atoms with Gasteiger partial charge in [0.15, 0.2) is 0 Å². The molecule has 5 nitrogen and oxygen atoms in total. The Kier molecular flexibility index (Phi) is 2.88. The van der Waals surface area contributed by atoms with Crippen molar-refractivity contribution >= 4 is 5.69 Å². The zero-order valence-electron chi connectivity index (χ0n) is 10.1. The Morgan fingerprint density at radius 2 is 2.26 bits per heavy atom. The van der Waals surface area contributed by atoms with Crippen molar-refractivity contribution in [2.75, 3.05) is 5.32 Å². The van der Waals surface area contributed by atoms with Crippen LogP contribution in [0.1, 0.15) is 36.1 Å². The summed E-state index contributed by atoms with van der Waals surface area (Å²) in [5.41, 5.74) is 0.415. The monoisotopic (exact) mass is 258 g/mol. The summed E-state index contributed by atoms with van der Waals surface area (Å²) in [6.07, 6.45) is 2.19. The highest BCUT2D eigenvalue weighted by Crippen LogP contribution is 2.39. The van der Waals surface area contributed by atoms with Gasteiger partial charge in [0.1, 0.15) is 17.4 Å². The first-order chi connectivity index (χ1) is 9.28. The van der Waals surface area contributed by atoms with Crippen molar-refractivity contribution in [1.82, 2.24) is 10.2 Å². The maximum absolute atomic E-state index is 13.4. The molecule has 1 fully saturated rings. The summed E-state index contributed by atoms with van der Waals surface area (Å²) in [4.78, 5) is 0. The number of nitriles is 1. The van der Waals surface area contributed by atoms with Gasteiger partial charge in [-0.1, -0.05) is 6.07 Å². The van der Waals surface area contributed by atoms with Gasteiger partial charge in [-0.25, -0.2) is 4.39 Å². The van der Waals surface area contributed by atoms with Crippen molar-refractivity contribution in [3.63, 3.8) is 0 Å². The summed E-state index contributed by atoms with van der Waals surface area (Å²) in [6, 6.07) is 6.26. The van der Waals surface area contributed by atoms with Crippen molar-refractivity contribution in [3.8, 4) is 6.07 Å². The van der Waals surface area contributed by atoms with Crippen LogP contribution >= 0.6 is 0 Å². The normalized spacial score (nSPS) is 14.1. The fourth-order valence-corrected chi connectivity index (χ4v) is 1.79. The third kappa shape index (κ3) is 2.40. The minimum atomic E-state index is -0.545. The smallest absolute Gasteiger partial charge is 0.235 e. The first kappa shape index (κ1) is 11.7. The predicted molar refractivity (Wildman–Crippen MR) is 64.7 cm³/mol. The van der Waals surface area contributed by atoms with Crippen LogP contribution in [0, 0.1) is 17.1 Å². The van der Waals surface area contributed by atoms with Crippen LogP contribution in [0.3, 0.4) is 0 Å². The standard InChI is InChI=1S/C13H11FN4O/c14-10-2-1-3-11(9(10)6-15)16-7-12-17-18-13(19-12)8-4-5-8/h1-3,8,16H,4-5,7H2. The molecular weight excluding hydrogens is 247 g/mol. The van der Waals surface area contributed by atoms with Gasteiger partial charge in [0, 0.05) is 5.92 Å². The highest BCUT2D eigenvalue weighted by Gasteiger charge is 2.29. The Morgan fingerprint density at radius 3 is 3.00 bits per heavy atom. The van der Waals surface area contributed by atoms with E-state index < -0.39 is 5.82 Å². The first-order valence-electron chi connectivity index (χ1n) is 6.02. The van der Waals surface area contributed by atoms with Gasteiger partial charge in [-0.2, -0.15) is 5.26 Å². The summed E-state index contributed by atoms with van der Waals surface area (Å²) < 4.78 is 18.9. The largest absolute Gasteiger partial charge is 0.423 e. The molecule has 3 rings (SSSR count). The summed E-state index contributed by atoms with van der Waals surface area (Å²) in [5, 5.41) is 19.7. The van der Waals surface area contributed by atoms with E-state index in [9.17, 15) is 4.39 Å². The van der Waals surface area contributed by atoms with Crippen LogP contribution in [0.4, 0.5) is 10.1 Å². The predicted octanol–water partition coefficient (Wildman–Crippen LogP) is 2.57. The molecular formula is C13H11FN4O. The fraction of sp³-hybridized carbons (Fsp3) is 0.308. The Morgan fingerprint density at radius 1 is 1.42 bits per heavy atom. The molecule has 1 aliphatic rings. The van der Waals surface area contributed by atoms with E-state index in [1.54, 1.807) is 12.1 Å². The molecule has 1 saturated carbocycles. The van der Waals surface area contributed by atoms with Gasteiger partial charge < -0.3 is 9.73 Å². The van der Waals surface area contributed by atoms with Gasteiger partial charge in [-0.05, 0) is 25.0 Å². The number of hydrogen-bond donors (Lipinski definition) is 1. The molecule has 0 radical (unpaired) electrons. The SMILES string of the molecule is N#Cc1c(F)cccc1NCc1nnc(C2CC2)o1. The molecule has 2 aromatic rings. The third-order valence-electron chi connectivity index (χ3n) is 2.96. The molecule has 19 heavy (non-hydrogen) atoms. The van der Waals surface area contributed by atoms with E-state index >= 15 is 0 Å². The van der Waals surface area contributed by atoms with Gasteiger partial charge in [0.05, 0.1) is 12.2 Å². The molecule has 1 aliphatic carbocycles. The topological polar surface area (TPSA) is 74.7 Å². The quantitative estimate of drug-likeness (QED) is 0.912. The average Bonchev–Trinajstić information content (AvgIpc) is 3.16. The molecule has 96 valence electrons. The van der Waals surface area contributed by atoms with Gasteiger partial charge in [0.2, 0.25) is 11.8 Å². The highest BCUT2D eigenvalue weighted by atomic mass is 19.1. The molecule has 1 N–H and O–H groups in total. The molecule has 0 saturated heterocycles. The molecule has 1 aromatic heterocycles. The molecule has 1 aromatic carbocycles. The van der Waals surface area contributed by atoms with Crippen LogP contribution < -0.4 is 5.32 Å². The number of nitrogens with one attached hydrogen (secondary N) is 1. The summed E-state index contributed by atoms with van der Waals surface area (Å²) in [6.45, 7) is 0.276. The average molecular weight is 258 g/mol. The molecule has 0 unspecified atom stereocenters. The second-order valence-electron chi connectivity index (χ2n) is 4.44. The van der Waals surface area contributed by atoms with E-state index in [1.807, 2.05) is 6.07 Å². The lowest BCUT2D eigenvalue weighted by atomic mass is 10.2. The second kappa shape index (κ2) is 4.69. The number of benzene rings is 1. The third-order valence-corrected chi connectivity index (χ3v) is 2.96. The molecule has 6 heteroatoms. The summed E-state index contributed by atoms with van der Waals surface area (Å²) in [7, 11) is 0. The molecule has 0 bridgehead atoms. The van der Waals surface area contributed by atoms with E-state index in [4.69, 9.17) is 9.68 Å². The van der Waals surface area contributed by atoms with Gasteiger partial charge >= 0.3 is 0 Å². The minimum absolute atomic E-state index is 0.00979. The van der Waals surface area contributed by atoms with Gasteiger partial charge in [-0.15, -0.1) is 10.2 Å². The van der Waals surface area contributed by atoms with E-state index in [-0.39, 0.29) is 12.1 Å². The van der Waals surface area contributed by atoms with Gasteiger partial charge in [-0.3, -0.25) is 0 Å². The van der Waals surface area contributed by atoms with E-state index in [1.165, 1.54) is 6.07 Å². The van der Waals surface area contributed by atoms with Crippen molar-refractivity contribution in [3.05, 3.63) is 41.4 Å². The Labute approximate surface area is 109 Å². The minimum Gasteiger partial charge on any atom is -0.423 e. The fourth-order valence-electron chi connectivity index (χ4n) is 1.79. The molecule has 0 aliphatic heterocycles. The number of hydrogen-bond acceptors (Lipinski definition) is 5. The van der Waals surface area contributed by atoms with E-state index in [2.05, 4.69) is 15.5 Å². The van der Waals surface area contributed by atoms with Crippen LogP contribution in [0.15, 0.2) is 22.6 Å². The number of rotatable bonds is 4. The van der Waals surface area contributed by atoms with Crippen molar-refractivity contribution < 1.29 is 8.81 Å². The molecule has 0 amide bonds. The van der Waals surface area contributed by atoms with Crippen molar-refractivity contribution in [1.29, 1.82) is 5.26 Å². The lowest BCUT2D eigenvalue weighted by Crippen LogP contribution is -2.02. The molecule has 0 atom stereocenters. The maximum atomic E-state index is 13.4. The van der Waals surface area contributed by atoms with Crippen LogP contribution in [-0.4, -0.2) is 10.2 Å².